The number of hydrogen-bond acceptors (Lipinski definition) is 4. The summed E-state index contributed by atoms with van der Waals surface area (Å²) in [6.45, 7) is 4.51. The third-order valence-corrected chi connectivity index (χ3v) is 2.65. The Bertz CT molecular complexity index is 406. The highest BCUT2D eigenvalue weighted by Gasteiger charge is 2.21. The third kappa shape index (κ3) is 5.28. The number of carboxylic acids is 1. The lowest BCUT2D eigenvalue weighted by molar-refractivity contribution is -0.142. The molecule has 3 N–H and O–H groups in total. The first-order valence-corrected chi connectivity index (χ1v) is 6.40. The van der Waals surface area contributed by atoms with Gasteiger partial charge in [-0.05, 0) is 31.0 Å². The number of ether oxygens (including phenoxy) is 1. The molecule has 0 amide bonds. The summed E-state index contributed by atoms with van der Waals surface area (Å²) in [4.78, 5) is 10.9. The summed E-state index contributed by atoms with van der Waals surface area (Å²) in [6.07, 6.45) is -0.0111. The number of rotatable bonds is 8. The molecule has 0 saturated carbocycles. The van der Waals surface area contributed by atoms with Gasteiger partial charge in [0.1, 0.15) is 11.8 Å². The molecule has 0 saturated heterocycles. The summed E-state index contributed by atoms with van der Waals surface area (Å²) in [5.41, 5.74) is 0.917. The molecule has 0 aliphatic heterocycles. The van der Waals surface area contributed by atoms with Gasteiger partial charge in [-0.15, -0.1) is 0 Å². The molecular formula is C14H21NO4. The van der Waals surface area contributed by atoms with E-state index in [2.05, 4.69) is 5.32 Å². The number of aliphatic hydroxyl groups excluding tert-OH is 1. The van der Waals surface area contributed by atoms with Gasteiger partial charge in [-0.1, -0.05) is 19.1 Å². The molecule has 0 aliphatic rings. The summed E-state index contributed by atoms with van der Waals surface area (Å²) in [5.74, 6) is -0.293. The van der Waals surface area contributed by atoms with Crippen molar-refractivity contribution in [3.63, 3.8) is 0 Å². The van der Waals surface area contributed by atoms with Crippen LogP contribution < -0.4 is 10.1 Å². The van der Waals surface area contributed by atoms with Crippen LogP contribution in [0.2, 0.25) is 0 Å². The van der Waals surface area contributed by atoms with Gasteiger partial charge in [-0.25, -0.2) is 0 Å². The molecule has 0 bridgehead atoms. The molecular weight excluding hydrogens is 246 g/mol. The average Bonchev–Trinajstić information content (AvgIpc) is 2.36. The molecule has 106 valence electrons. The molecule has 0 aliphatic carbocycles. The van der Waals surface area contributed by atoms with Gasteiger partial charge in [-0.2, -0.15) is 0 Å². The minimum atomic E-state index is -1.06. The first-order chi connectivity index (χ1) is 9.04. The fourth-order valence-electron chi connectivity index (χ4n) is 1.66. The van der Waals surface area contributed by atoms with Crippen LogP contribution in [-0.2, 0) is 11.3 Å². The van der Waals surface area contributed by atoms with E-state index in [0.29, 0.717) is 13.2 Å². The maximum absolute atomic E-state index is 10.9. The predicted molar refractivity (Wildman–Crippen MR) is 72.2 cm³/mol. The van der Waals surface area contributed by atoms with Gasteiger partial charge in [0.15, 0.2) is 0 Å². The van der Waals surface area contributed by atoms with Crippen molar-refractivity contribution in [2.24, 2.45) is 0 Å². The van der Waals surface area contributed by atoms with Gasteiger partial charge in [0.2, 0.25) is 0 Å². The standard InChI is InChI=1S/C14H21NO4/c1-3-7-19-12-6-4-5-11(8-12)9-15-13(10(2)16)14(17)18/h4-6,8,10,13,15-16H,3,7,9H2,1-2H3,(H,17,18). The Kier molecular flexibility index (Phi) is 6.32. The molecule has 1 aromatic carbocycles. The first-order valence-electron chi connectivity index (χ1n) is 6.40. The van der Waals surface area contributed by atoms with Gasteiger partial charge in [0.25, 0.3) is 0 Å². The Morgan fingerprint density at radius 2 is 2.21 bits per heavy atom. The minimum Gasteiger partial charge on any atom is -0.494 e. The number of benzene rings is 1. The zero-order valence-corrected chi connectivity index (χ0v) is 11.3. The normalized spacial score (nSPS) is 13.8. The van der Waals surface area contributed by atoms with Gasteiger partial charge in [0, 0.05) is 6.54 Å². The van der Waals surface area contributed by atoms with Crippen LogP contribution in [0.3, 0.4) is 0 Å². The van der Waals surface area contributed by atoms with Crippen LogP contribution in [-0.4, -0.2) is 34.9 Å². The van der Waals surface area contributed by atoms with Gasteiger partial charge >= 0.3 is 5.97 Å². The average molecular weight is 267 g/mol. The molecule has 1 rings (SSSR count). The van der Waals surface area contributed by atoms with Gasteiger partial charge in [0.05, 0.1) is 12.7 Å². The zero-order valence-electron chi connectivity index (χ0n) is 11.3. The van der Waals surface area contributed by atoms with Gasteiger partial charge < -0.3 is 14.9 Å². The molecule has 0 aromatic heterocycles. The highest BCUT2D eigenvalue weighted by atomic mass is 16.5. The van der Waals surface area contributed by atoms with Crippen molar-refractivity contribution < 1.29 is 19.7 Å². The van der Waals surface area contributed by atoms with Crippen molar-refractivity contribution in [2.75, 3.05) is 6.61 Å². The number of nitrogens with one attached hydrogen (secondary N) is 1. The summed E-state index contributed by atoms with van der Waals surface area (Å²) < 4.78 is 5.50. The quantitative estimate of drug-likeness (QED) is 0.663. The fraction of sp³-hybridized carbons (Fsp3) is 0.500. The van der Waals surface area contributed by atoms with E-state index < -0.39 is 18.1 Å². The summed E-state index contributed by atoms with van der Waals surface area (Å²) in [5, 5.41) is 21.1. The molecule has 2 atom stereocenters. The van der Waals surface area contributed by atoms with Crippen molar-refractivity contribution >= 4 is 5.97 Å². The lowest BCUT2D eigenvalue weighted by atomic mass is 10.1. The number of aliphatic hydroxyl groups is 1. The number of carbonyl (C=O) groups is 1. The Morgan fingerprint density at radius 1 is 1.47 bits per heavy atom. The molecule has 2 unspecified atom stereocenters. The maximum Gasteiger partial charge on any atom is 0.323 e. The second-order valence-electron chi connectivity index (χ2n) is 4.43. The highest BCUT2D eigenvalue weighted by Crippen LogP contribution is 2.13. The second-order valence-corrected chi connectivity index (χ2v) is 4.43. The van der Waals surface area contributed by atoms with Crippen molar-refractivity contribution in [3.05, 3.63) is 29.8 Å². The summed E-state index contributed by atoms with van der Waals surface area (Å²) in [7, 11) is 0. The van der Waals surface area contributed by atoms with E-state index in [4.69, 9.17) is 9.84 Å². The lowest BCUT2D eigenvalue weighted by Crippen LogP contribution is -2.44. The van der Waals surface area contributed by atoms with Crippen molar-refractivity contribution in [1.82, 2.24) is 5.32 Å². The Balaban J connectivity index is 2.59. The van der Waals surface area contributed by atoms with E-state index in [-0.39, 0.29) is 0 Å². The smallest absolute Gasteiger partial charge is 0.323 e. The Labute approximate surface area is 113 Å². The largest absolute Gasteiger partial charge is 0.494 e. The van der Waals surface area contributed by atoms with E-state index in [0.717, 1.165) is 17.7 Å². The molecule has 0 radical (unpaired) electrons. The van der Waals surface area contributed by atoms with E-state index in [9.17, 15) is 9.90 Å². The maximum atomic E-state index is 10.9. The SMILES string of the molecule is CCCOc1cccc(CNC(C(=O)O)C(C)O)c1. The van der Waals surface area contributed by atoms with Crippen molar-refractivity contribution in [1.29, 1.82) is 0 Å². The molecule has 0 fully saturated rings. The van der Waals surface area contributed by atoms with Crippen LogP contribution in [0.5, 0.6) is 5.75 Å². The zero-order chi connectivity index (χ0) is 14.3. The lowest BCUT2D eigenvalue weighted by Gasteiger charge is -2.17. The van der Waals surface area contributed by atoms with Crippen LogP contribution in [0, 0.1) is 0 Å². The van der Waals surface area contributed by atoms with E-state index >= 15 is 0 Å². The number of aliphatic carboxylic acids is 1. The van der Waals surface area contributed by atoms with Crippen LogP contribution in [0.1, 0.15) is 25.8 Å². The van der Waals surface area contributed by atoms with Crippen LogP contribution >= 0.6 is 0 Å². The van der Waals surface area contributed by atoms with E-state index in [1.54, 1.807) is 0 Å². The highest BCUT2D eigenvalue weighted by molar-refractivity contribution is 5.74. The molecule has 5 heteroatoms. The molecule has 0 heterocycles. The number of hydrogen-bond donors (Lipinski definition) is 3. The molecule has 5 nitrogen and oxygen atoms in total. The van der Waals surface area contributed by atoms with E-state index in [1.165, 1.54) is 6.92 Å². The van der Waals surface area contributed by atoms with E-state index in [1.807, 2.05) is 31.2 Å². The Morgan fingerprint density at radius 3 is 2.79 bits per heavy atom. The topological polar surface area (TPSA) is 78.8 Å². The Hall–Kier alpha value is -1.59. The van der Waals surface area contributed by atoms with Crippen LogP contribution in [0.15, 0.2) is 24.3 Å². The predicted octanol–water partition coefficient (Wildman–Crippen LogP) is 1.40. The second kappa shape index (κ2) is 7.76. The fourth-order valence-corrected chi connectivity index (χ4v) is 1.66. The number of carboxylic acid groups (broad SMARTS) is 1. The third-order valence-electron chi connectivity index (χ3n) is 2.65. The summed E-state index contributed by atoms with van der Waals surface area (Å²) in [6, 6.07) is 6.50. The molecule has 0 spiro atoms. The van der Waals surface area contributed by atoms with Gasteiger partial charge in [-0.3, -0.25) is 10.1 Å². The van der Waals surface area contributed by atoms with Crippen molar-refractivity contribution in [2.45, 2.75) is 39.0 Å². The van der Waals surface area contributed by atoms with Crippen molar-refractivity contribution in [3.8, 4) is 5.75 Å². The first kappa shape index (κ1) is 15.5. The molecule has 19 heavy (non-hydrogen) atoms. The monoisotopic (exact) mass is 267 g/mol. The minimum absolute atomic E-state index is 0.366. The molecule has 1 aromatic rings. The summed E-state index contributed by atoms with van der Waals surface area (Å²) >= 11 is 0. The van der Waals surface area contributed by atoms with Crippen LogP contribution in [0.4, 0.5) is 0 Å². The van der Waals surface area contributed by atoms with Crippen LogP contribution in [0.25, 0.3) is 0 Å².